The molecule has 0 saturated carbocycles. The summed E-state index contributed by atoms with van der Waals surface area (Å²) in [4.78, 5) is 8.83. The van der Waals surface area contributed by atoms with Crippen LogP contribution in [0.15, 0.2) is 53.5 Å². The van der Waals surface area contributed by atoms with E-state index in [9.17, 15) is 9.50 Å². The van der Waals surface area contributed by atoms with E-state index in [-0.39, 0.29) is 29.8 Å². The Kier molecular flexibility index (Phi) is 10.0. The molecule has 1 aliphatic heterocycles. The molecule has 0 bridgehead atoms. The Bertz CT molecular complexity index is 832. The molecule has 30 heavy (non-hydrogen) atoms. The van der Waals surface area contributed by atoms with Crippen molar-refractivity contribution in [2.24, 2.45) is 4.99 Å². The summed E-state index contributed by atoms with van der Waals surface area (Å²) in [6.45, 7) is 6.04. The standard InChI is InChI=1S/C23H31FN4O.HI/c1-3-25-23(27(2)15-18-7-6-10-21(24)13-18)26-14-22(29)17-28-12-11-19-8-4-5-9-20(19)16-28;/h4-10,13,22,29H,3,11-12,14-17H2,1-2H3,(H,25,26);1H. The Morgan fingerprint density at radius 2 is 2.00 bits per heavy atom. The van der Waals surface area contributed by atoms with E-state index in [2.05, 4.69) is 39.5 Å². The normalized spacial score (nSPS) is 15.1. The molecule has 2 aromatic carbocycles. The minimum atomic E-state index is -0.531. The van der Waals surface area contributed by atoms with E-state index in [4.69, 9.17) is 0 Å². The lowest BCUT2D eigenvalue weighted by Crippen LogP contribution is -2.41. The van der Waals surface area contributed by atoms with Crippen LogP contribution in [0.2, 0.25) is 0 Å². The summed E-state index contributed by atoms with van der Waals surface area (Å²) in [5, 5.41) is 13.8. The number of β-amino-alcohol motifs (C(OH)–C–C–N with tert-alkyl or cyclic N) is 1. The van der Waals surface area contributed by atoms with E-state index in [0.717, 1.165) is 31.6 Å². The molecule has 1 atom stereocenters. The summed E-state index contributed by atoms with van der Waals surface area (Å²) >= 11 is 0. The van der Waals surface area contributed by atoms with Gasteiger partial charge in [0.2, 0.25) is 0 Å². The molecule has 7 heteroatoms. The van der Waals surface area contributed by atoms with E-state index in [0.29, 0.717) is 25.6 Å². The molecule has 0 spiro atoms. The molecule has 1 unspecified atom stereocenters. The molecule has 0 aliphatic carbocycles. The van der Waals surface area contributed by atoms with Crippen molar-refractivity contribution in [1.29, 1.82) is 0 Å². The van der Waals surface area contributed by atoms with E-state index in [1.807, 2.05) is 24.9 Å². The lowest BCUT2D eigenvalue weighted by Gasteiger charge is -2.30. The van der Waals surface area contributed by atoms with Crippen LogP contribution in [0, 0.1) is 5.82 Å². The van der Waals surface area contributed by atoms with Gasteiger partial charge in [0, 0.05) is 39.8 Å². The Morgan fingerprint density at radius 1 is 1.23 bits per heavy atom. The predicted octanol–water partition coefficient (Wildman–Crippen LogP) is 3.26. The Labute approximate surface area is 196 Å². The van der Waals surface area contributed by atoms with Crippen LogP contribution in [0.25, 0.3) is 0 Å². The largest absolute Gasteiger partial charge is 0.390 e. The van der Waals surface area contributed by atoms with Crippen LogP contribution in [0.1, 0.15) is 23.6 Å². The van der Waals surface area contributed by atoms with Crippen molar-refractivity contribution in [3.05, 3.63) is 71.0 Å². The molecule has 1 heterocycles. The molecule has 2 aromatic rings. The first-order valence-corrected chi connectivity index (χ1v) is 10.3. The Hall–Kier alpha value is -1.71. The average molecular weight is 526 g/mol. The molecule has 0 fully saturated rings. The van der Waals surface area contributed by atoms with Crippen molar-refractivity contribution in [2.45, 2.75) is 32.5 Å². The number of aliphatic hydroxyl groups excluding tert-OH is 1. The molecule has 3 rings (SSSR count). The summed E-state index contributed by atoms with van der Waals surface area (Å²) in [5.41, 5.74) is 3.63. The summed E-state index contributed by atoms with van der Waals surface area (Å²) in [6, 6.07) is 15.1. The van der Waals surface area contributed by atoms with Crippen molar-refractivity contribution in [2.75, 3.05) is 33.2 Å². The van der Waals surface area contributed by atoms with Crippen molar-refractivity contribution < 1.29 is 9.50 Å². The van der Waals surface area contributed by atoms with E-state index in [1.54, 1.807) is 6.07 Å². The smallest absolute Gasteiger partial charge is 0.194 e. The number of hydrogen-bond donors (Lipinski definition) is 2. The Balaban J connectivity index is 0.00000320. The number of guanidine groups is 1. The summed E-state index contributed by atoms with van der Waals surface area (Å²) in [6.07, 6.45) is 0.488. The highest BCUT2D eigenvalue weighted by Gasteiger charge is 2.18. The van der Waals surface area contributed by atoms with E-state index in [1.165, 1.54) is 23.3 Å². The third kappa shape index (κ3) is 7.21. The van der Waals surface area contributed by atoms with Crippen LogP contribution < -0.4 is 5.32 Å². The van der Waals surface area contributed by atoms with Crippen molar-refractivity contribution >= 4 is 29.9 Å². The fourth-order valence-electron chi connectivity index (χ4n) is 3.71. The van der Waals surface area contributed by atoms with Gasteiger partial charge in [-0.05, 0) is 42.2 Å². The van der Waals surface area contributed by atoms with Crippen LogP contribution >= 0.6 is 24.0 Å². The zero-order valence-corrected chi connectivity index (χ0v) is 20.1. The molecule has 0 radical (unpaired) electrons. The van der Waals surface area contributed by atoms with Crippen molar-refractivity contribution in [3.63, 3.8) is 0 Å². The van der Waals surface area contributed by atoms with Gasteiger partial charge in [-0.2, -0.15) is 0 Å². The number of aliphatic imine (C=N–C) groups is 1. The lowest BCUT2D eigenvalue weighted by atomic mass is 10.00. The highest BCUT2D eigenvalue weighted by molar-refractivity contribution is 14.0. The SMILES string of the molecule is CCNC(=NCC(O)CN1CCc2ccccc2C1)N(C)Cc1cccc(F)c1.I. The Morgan fingerprint density at radius 3 is 2.73 bits per heavy atom. The maximum Gasteiger partial charge on any atom is 0.194 e. The molecule has 0 aromatic heterocycles. The van der Waals surface area contributed by atoms with Gasteiger partial charge in [0.05, 0.1) is 12.6 Å². The molecule has 2 N–H and O–H groups in total. The van der Waals surface area contributed by atoms with Crippen LogP contribution in [0.5, 0.6) is 0 Å². The van der Waals surface area contributed by atoms with E-state index >= 15 is 0 Å². The quantitative estimate of drug-likeness (QED) is 0.331. The van der Waals surface area contributed by atoms with Crippen LogP contribution in [-0.2, 0) is 19.5 Å². The van der Waals surface area contributed by atoms with Gasteiger partial charge in [0.25, 0.3) is 0 Å². The van der Waals surface area contributed by atoms with Crippen LogP contribution in [0.3, 0.4) is 0 Å². The summed E-state index contributed by atoms with van der Waals surface area (Å²) < 4.78 is 13.4. The minimum Gasteiger partial charge on any atom is -0.390 e. The number of fused-ring (bicyclic) bond motifs is 1. The number of rotatable bonds is 7. The molecule has 5 nitrogen and oxygen atoms in total. The zero-order chi connectivity index (χ0) is 20.6. The number of halogens is 2. The maximum absolute atomic E-state index is 13.4. The van der Waals surface area contributed by atoms with Gasteiger partial charge in [0.15, 0.2) is 5.96 Å². The first kappa shape index (κ1) is 24.6. The highest BCUT2D eigenvalue weighted by Crippen LogP contribution is 2.18. The van der Waals surface area contributed by atoms with Crippen LogP contribution in [0.4, 0.5) is 4.39 Å². The van der Waals surface area contributed by atoms with Gasteiger partial charge in [-0.1, -0.05) is 36.4 Å². The van der Waals surface area contributed by atoms with Gasteiger partial charge in [-0.25, -0.2) is 4.39 Å². The maximum atomic E-state index is 13.4. The number of nitrogens with one attached hydrogen (secondary N) is 1. The van der Waals surface area contributed by atoms with E-state index < -0.39 is 6.10 Å². The highest BCUT2D eigenvalue weighted by atomic mass is 127. The van der Waals surface area contributed by atoms with Gasteiger partial charge in [0.1, 0.15) is 5.82 Å². The van der Waals surface area contributed by atoms with Crippen molar-refractivity contribution in [3.8, 4) is 0 Å². The second-order valence-electron chi connectivity index (χ2n) is 7.59. The fraction of sp³-hybridized carbons (Fsp3) is 0.435. The second kappa shape index (κ2) is 12.2. The lowest BCUT2D eigenvalue weighted by molar-refractivity contribution is 0.111. The summed E-state index contributed by atoms with van der Waals surface area (Å²) in [5.74, 6) is 0.469. The molecule has 164 valence electrons. The monoisotopic (exact) mass is 526 g/mol. The third-order valence-electron chi connectivity index (χ3n) is 5.14. The predicted molar refractivity (Wildman–Crippen MR) is 131 cm³/mol. The first-order valence-electron chi connectivity index (χ1n) is 10.3. The number of nitrogens with zero attached hydrogens (tertiary/aromatic N) is 3. The van der Waals surface area contributed by atoms with Crippen LogP contribution in [-0.4, -0.2) is 60.2 Å². The summed E-state index contributed by atoms with van der Waals surface area (Å²) in [7, 11) is 1.92. The zero-order valence-electron chi connectivity index (χ0n) is 17.7. The fourth-order valence-corrected chi connectivity index (χ4v) is 3.71. The van der Waals surface area contributed by atoms with Gasteiger partial charge in [-0.3, -0.25) is 9.89 Å². The number of aliphatic hydroxyl groups is 1. The second-order valence-corrected chi connectivity index (χ2v) is 7.59. The first-order chi connectivity index (χ1) is 14.0. The molecular formula is C23H32FIN4O. The average Bonchev–Trinajstić information content (AvgIpc) is 2.71. The minimum absolute atomic E-state index is 0. The van der Waals surface area contributed by atoms with Crippen molar-refractivity contribution in [1.82, 2.24) is 15.1 Å². The van der Waals surface area contributed by atoms with Gasteiger partial charge >= 0.3 is 0 Å². The topological polar surface area (TPSA) is 51.1 Å². The van der Waals surface area contributed by atoms with Gasteiger partial charge < -0.3 is 15.3 Å². The number of hydrogen-bond acceptors (Lipinski definition) is 3. The molecule has 0 amide bonds. The number of benzene rings is 2. The molecule has 1 aliphatic rings. The molecular weight excluding hydrogens is 494 g/mol. The third-order valence-corrected chi connectivity index (χ3v) is 5.14. The molecule has 0 saturated heterocycles. The van der Waals surface area contributed by atoms with Gasteiger partial charge in [-0.15, -0.1) is 24.0 Å².